The van der Waals surface area contributed by atoms with Crippen LogP contribution >= 0.6 is 0 Å². The third-order valence-corrected chi connectivity index (χ3v) is 7.10. The van der Waals surface area contributed by atoms with E-state index in [0.717, 1.165) is 36.5 Å². The van der Waals surface area contributed by atoms with E-state index in [9.17, 15) is 22.5 Å². The summed E-state index contributed by atoms with van der Waals surface area (Å²) in [6, 6.07) is 2.72. The van der Waals surface area contributed by atoms with Gasteiger partial charge in [0.25, 0.3) is 0 Å². The zero-order valence-electron chi connectivity index (χ0n) is 17.2. The normalized spacial score (nSPS) is 15.5. The molecule has 1 fully saturated rings. The maximum absolute atomic E-state index is 12.8. The molecule has 0 atom stereocenters. The summed E-state index contributed by atoms with van der Waals surface area (Å²) in [6.07, 6.45) is 11.7. The van der Waals surface area contributed by atoms with Gasteiger partial charge in [-0.25, -0.2) is 36.9 Å². The van der Waals surface area contributed by atoms with E-state index in [1.807, 2.05) is 35.2 Å². The van der Waals surface area contributed by atoms with E-state index < -0.39 is 29.4 Å². The number of hydrogen-bond donors (Lipinski definition) is 1. The van der Waals surface area contributed by atoms with Crippen molar-refractivity contribution < 1.29 is 17.2 Å². The van der Waals surface area contributed by atoms with Crippen LogP contribution in [0.3, 0.4) is 0 Å². The standard InChI is InChI=1S/C22H18F2N6O2S/c23-7-15(8-24)29-33(31,32)17-11-26-21(27-12-17)20-19(9-25)18-6-14(13-4-5-13)10-28-22(18)30(20)16-2-1-3-16/h1-3,6,10-13,15,29H,4-5,7-8H2. The molecule has 8 nitrogen and oxygen atoms in total. The molecule has 0 amide bonds. The molecular weight excluding hydrogens is 450 g/mol. The van der Waals surface area contributed by atoms with Gasteiger partial charge < -0.3 is 0 Å². The molecule has 0 bridgehead atoms. The molecule has 3 aromatic rings. The Morgan fingerprint density at radius 2 is 1.88 bits per heavy atom. The van der Waals surface area contributed by atoms with E-state index >= 15 is 0 Å². The minimum absolute atomic E-state index is 0.130. The van der Waals surface area contributed by atoms with Crippen molar-refractivity contribution in [1.82, 2.24) is 24.2 Å². The van der Waals surface area contributed by atoms with Crippen LogP contribution in [0.2, 0.25) is 0 Å². The van der Waals surface area contributed by atoms with Crippen molar-refractivity contribution in [2.24, 2.45) is 0 Å². The lowest BCUT2D eigenvalue weighted by Crippen LogP contribution is -2.38. The fourth-order valence-electron chi connectivity index (χ4n) is 3.70. The first kappa shape index (κ1) is 21.4. The summed E-state index contributed by atoms with van der Waals surface area (Å²) >= 11 is 0. The molecule has 0 spiro atoms. The third-order valence-electron chi connectivity index (χ3n) is 5.63. The molecule has 2 aliphatic carbocycles. The van der Waals surface area contributed by atoms with Gasteiger partial charge in [-0.1, -0.05) is 6.08 Å². The van der Waals surface area contributed by atoms with Crippen molar-refractivity contribution in [3.63, 3.8) is 0 Å². The Hall–Kier alpha value is -3.49. The van der Waals surface area contributed by atoms with Gasteiger partial charge in [0, 0.05) is 17.3 Å². The van der Waals surface area contributed by atoms with Crippen LogP contribution in [-0.2, 0) is 10.0 Å². The molecule has 0 aromatic carbocycles. The minimum atomic E-state index is -4.21. The second-order valence-corrected chi connectivity index (χ2v) is 9.62. The van der Waals surface area contributed by atoms with E-state index in [1.165, 1.54) is 0 Å². The van der Waals surface area contributed by atoms with Gasteiger partial charge in [-0.05, 0) is 42.5 Å². The summed E-state index contributed by atoms with van der Waals surface area (Å²) in [5.74, 6) is 0.582. The second kappa shape index (κ2) is 8.13. The van der Waals surface area contributed by atoms with Crippen molar-refractivity contribution >= 4 is 26.8 Å². The van der Waals surface area contributed by atoms with E-state index in [4.69, 9.17) is 0 Å². The summed E-state index contributed by atoms with van der Waals surface area (Å²) in [5.41, 5.74) is 3.18. The Bertz CT molecular complexity index is 1450. The van der Waals surface area contributed by atoms with Gasteiger partial charge >= 0.3 is 0 Å². The summed E-state index contributed by atoms with van der Waals surface area (Å²) in [6.45, 7) is -2.36. The first-order valence-corrected chi connectivity index (χ1v) is 11.7. The molecule has 3 aromatic heterocycles. The first-order valence-electron chi connectivity index (χ1n) is 10.3. The molecule has 1 saturated carbocycles. The quantitative estimate of drug-likeness (QED) is 0.543. The molecule has 1 N–H and O–H groups in total. The molecule has 2 aliphatic rings. The average molecular weight is 468 g/mol. The molecular formula is C22H18F2N6O2S. The Labute approximate surface area is 188 Å². The smallest absolute Gasteiger partial charge is 0.244 e. The predicted molar refractivity (Wildman–Crippen MR) is 117 cm³/mol. The van der Waals surface area contributed by atoms with Gasteiger partial charge in [0.1, 0.15) is 35.7 Å². The lowest BCUT2D eigenvalue weighted by Gasteiger charge is -2.14. The third kappa shape index (κ3) is 3.71. The van der Waals surface area contributed by atoms with Crippen LogP contribution in [0, 0.1) is 11.3 Å². The largest absolute Gasteiger partial charge is 0.290 e. The number of hydrogen-bond acceptors (Lipinski definition) is 6. The summed E-state index contributed by atoms with van der Waals surface area (Å²) in [5, 5.41) is 10.7. The van der Waals surface area contributed by atoms with Crippen molar-refractivity contribution in [1.29, 1.82) is 5.26 Å². The predicted octanol–water partition coefficient (Wildman–Crippen LogP) is 3.24. The van der Waals surface area contributed by atoms with Gasteiger partial charge in [0.2, 0.25) is 10.0 Å². The number of nitrogens with zero attached hydrogens (tertiary/aromatic N) is 5. The van der Waals surface area contributed by atoms with E-state index in [0.29, 0.717) is 28.2 Å². The minimum Gasteiger partial charge on any atom is -0.290 e. The first-order chi connectivity index (χ1) is 16.0. The molecule has 168 valence electrons. The topological polar surface area (TPSA) is 114 Å². The maximum atomic E-state index is 12.8. The number of aromatic nitrogens is 4. The Kier molecular flexibility index (Phi) is 5.26. The van der Waals surface area contributed by atoms with Crippen LogP contribution in [-0.4, -0.2) is 47.3 Å². The highest BCUT2D eigenvalue weighted by molar-refractivity contribution is 7.89. The number of halogens is 2. The average Bonchev–Trinajstić information content (AvgIpc) is 3.59. The molecule has 0 radical (unpaired) electrons. The number of alkyl halides is 2. The van der Waals surface area contributed by atoms with Crippen LogP contribution in [0.25, 0.3) is 28.2 Å². The Morgan fingerprint density at radius 3 is 2.42 bits per heavy atom. The van der Waals surface area contributed by atoms with Crippen molar-refractivity contribution in [3.8, 4) is 17.6 Å². The number of sulfonamides is 1. The van der Waals surface area contributed by atoms with Crippen molar-refractivity contribution in [2.75, 3.05) is 13.3 Å². The second-order valence-electron chi connectivity index (χ2n) is 7.90. The highest BCUT2D eigenvalue weighted by Gasteiger charge is 2.29. The van der Waals surface area contributed by atoms with Crippen LogP contribution < -0.4 is 4.72 Å². The number of allylic oxidation sites excluding steroid dienone is 4. The summed E-state index contributed by atoms with van der Waals surface area (Å²) < 4.78 is 54.0. The maximum Gasteiger partial charge on any atom is 0.244 e. The number of rotatable bonds is 8. The van der Waals surface area contributed by atoms with Crippen LogP contribution in [0.5, 0.6) is 0 Å². The SMILES string of the molecule is N#Cc1c(-c2ncc(S(=O)(=O)NC(CF)CF)cn2)n(C2=CC=C2)c2ncc(C3CC3)cc12. The van der Waals surface area contributed by atoms with E-state index in [2.05, 4.69) is 21.0 Å². The van der Waals surface area contributed by atoms with Crippen LogP contribution in [0.4, 0.5) is 8.78 Å². The van der Waals surface area contributed by atoms with Gasteiger partial charge in [-0.15, -0.1) is 0 Å². The number of nitrogens with one attached hydrogen (secondary N) is 1. The molecule has 33 heavy (non-hydrogen) atoms. The van der Waals surface area contributed by atoms with Crippen LogP contribution in [0.1, 0.15) is 29.9 Å². The summed E-state index contributed by atoms with van der Waals surface area (Å²) in [4.78, 5) is 12.6. The van der Waals surface area contributed by atoms with E-state index in [-0.39, 0.29) is 10.7 Å². The molecule has 3 heterocycles. The highest BCUT2D eigenvalue weighted by atomic mass is 32.2. The van der Waals surface area contributed by atoms with Crippen molar-refractivity contribution in [2.45, 2.75) is 29.7 Å². The zero-order chi connectivity index (χ0) is 23.2. The lowest BCUT2D eigenvalue weighted by atomic mass is 10.1. The fraction of sp³-hybridized carbons (Fsp3) is 0.273. The van der Waals surface area contributed by atoms with Crippen LogP contribution in [0.15, 0.2) is 47.8 Å². The van der Waals surface area contributed by atoms with Gasteiger partial charge in [-0.3, -0.25) is 4.57 Å². The van der Waals surface area contributed by atoms with Gasteiger partial charge in [-0.2, -0.15) is 5.26 Å². The molecule has 0 aliphatic heterocycles. The molecule has 11 heteroatoms. The van der Waals surface area contributed by atoms with E-state index in [1.54, 1.807) is 4.57 Å². The number of pyridine rings is 1. The van der Waals surface area contributed by atoms with Gasteiger partial charge in [0.15, 0.2) is 5.82 Å². The van der Waals surface area contributed by atoms with Crippen molar-refractivity contribution in [3.05, 3.63) is 54.0 Å². The molecule has 5 rings (SSSR count). The lowest BCUT2D eigenvalue weighted by molar-refractivity contribution is 0.334. The Morgan fingerprint density at radius 1 is 1.18 bits per heavy atom. The number of nitriles is 1. The molecule has 0 saturated heterocycles. The zero-order valence-corrected chi connectivity index (χ0v) is 18.1. The monoisotopic (exact) mass is 468 g/mol. The highest BCUT2D eigenvalue weighted by Crippen LogP contribution is 2.42. The Balaban J connectivity index is 1.62. The molecule has 0 unspecified atom stereocenters. The van der Waals surface area contributed by atoms with Gasteiger partial charge in [0.05, 0.1) is 24.0 Å². The summed E-state index contributed by atoms with van der Waals surface area (Å²) in [7, 11) is -4.21. The number of fused-ring (bicyclic) bond motifs is 1. The fourth-order valence-corrected chi connectivity index (χ4v) is 4.78.